The van der Waals surface area contributed by atoms with E-state index in [0.717, 1.165) is 17.3 Å². The van der Waals surface area contributed by atoms with Gasteiger partial charge in [0, 0.05) is 36.4 Å². The number of nitrogens with zero attached hydrogens (tertiary/aromatic N) is 6. The normalized spacial score (nSPS) is 19.2. The molecule has 22 heteroatoms. The van der Waals surface area contributed by atoms with Crippen LogP contribution in [0.4, 0.5) is 45.2 Å². The van der Waals surface area contributed by atoms with Gasteiger partial charge in [0.2, 0.25) is 5.91 Å². The molecule has 0 atom stereocenters. The van der Waals surface area contributed by atoms with E-state index in [4.69, 9.17) is 29.3 Å². The summed E-state index contributed by atoms with van der Waals surface area (Å²) in [6.07, 6.45) is 3.62. The number of carbonyl (C=O) groups is 4. The Morgan fingerprint density at radius 3 is 1.40 bits per heavy atom. The summed E-state index contributed by atoms with van der Waals surface area (Å²) in [5, 5.41) is 35.5. The average Bonchev–Trinajstić information content (AvgIpc) is 4.08. The van der Waals surface area contributed by atoms with E-state index in [0.29, 0.717) is 99.0 Å². The van der Waals surface area contributed by atoms with E-state index in [1.807, 2.05) is 57.9 Å². The van der Waals surface area contributed by atoms with Crippen molar-refractivity contribution in [3.05, 3.63) is 131 Å². The predicted molar refractivity (Wildman–Crippen MR) is 290 cm³/mol. The molecule has 0 bridgehead atoms. The first-order valence-electron chi connectivity index (χ1n) is 26.3. The zero-order valence-corrected chi connectivity index (χ0v) is 46.2. The van der Waals surface area contributed by atoms with Crippen molar-refractivity contribution >= 4 is 47.4 Å². The van der Waals surface area contributed by atoms with Crippen LogP contribution >= 0.6 is 0 Å². The van der Waals surface area contributed by atoms with Crippen molar-refractivity contribution in [2.24, 2.45) is 10.8 Å². The number of aldehydes is 1. The number of nitrogens with one attached hydrogen (secondary N) is 3. The molecule has 2 fully saturated rings. The van der Waals surface area contributed by atoms with Crippen LogP contribution in [0.5, 0.6) is 11.5 Å². The molecule has 8 rings (SSSR count). The van der Waals surface area contributed by atoms with Crippen molar-refractivity contribution in [1.82, 2.24) is 34.8 Å². The first kappa shape index (κ1) is 61.3. The van der Waals surface area contributed by atoms with Crippen molar-refractivity contribution < 1.29 is 60.8 Å². The molecule has 0 spiro atoms. The second-order valence-corrected chi connectivity index (χ2v) is 22.2. The third-order valence-corrected chi connectivity index (χ3v) is 13.9. The van der Waals surface area contributed by atoms with Crippen molar-refractivity contribution in [3.63, 3.8) is 0 Å². The van der Waals surface area contributed by atoms with Crippen LogP contribution in [-0.2, 0) is 43.1 Å². The van der Waals surface area contributed by atoms with Crippen LogP contribution in [0.15, 0.2) is 97.3 Å². The number of hydrogen-bond donors (Lipinski definition) is 5. The maximum Gasteiger partial charge on any atom is 0.490 e. The van der Waals surface area contributed by atoms with Gasteiger partial charge in [-0.15, -0.1) is 0 Å². The third kappa shape index (κ3) is 16.1. The van der Waals surface area contributed by atoms with E-state index < -0.39 is 28.9 Å². The summed E-state index contributed by atoms with van der Waals surface area (Å²) in [4.78, 5) is 55.1. The van der Waals surface area contributed by atoms with Gasteiger partial charge in [-0.2, -0.15) is 23.4 Å². The van der Waals surface area contributed by atoms with E-state index in [1.165, 1.54) is 0 Å². The molecule has 4 aromatic heterocycles. The van der Waals surface area contributed by atoms with Gasteiger partial charge in [0.1, 0.15) is 29.6 Å². The fourth-order valence-electron chi connectivity index (χ4n) is 9.69. The Hall–Kier alpha value is -7.91. The number of alkyl halides is 3. The number of ether oxygens (including phenoxy) is 2. The molecule has 4 heterocycles. The highest BCUT2D eigenvalue weighted by Gasteiger charge is 2.45. The monoisotopic (exact) mass is 1120 g/mol. The zero-order valence-electron chi connectivity index (χ0n) is 46.2. The largest absolute Gasteiger partial charge is 0.490 e. The fraction of sp³-hybridized carbons (Fsp3) is 0.448. The SMILES string of the molecule is Cc1cccc(OC2CCC(Cc3cccc(Nc4ccnn4C(C)(C)C)n3)(C(=O)NCC=O)CC2)c1F.Cc1cccc(OC2CCC(Cc3cccc(Nc4ccnn4C(C)(C)C)n3)(C(=O)O)CC2)c1F.O=C(O)C(F)(F)F. The smallest absolute Gasteiger partial charge is 0.487 e. The molecule has 0 unspecified atom stereocenters. The Kier molecular flexibility index (Phi) is 19.9. The minimum atomic E-state index is -5.08. The summed E-state index contributed by atoms with van der Waals surface area (Å²) in [6, 6.07) is 25.3. The number of aromatic nitrogens is 6. The van der Waals surface area contributed by atoms with Crippen LogP contribution < -0.4 is 25.4 Å². The second kappa shape index (κ2) is 25.9. The van der Waals surface area contributed by atoms with Crippen LogP contribution in [0.2, 0.25) is 0 Å². The molecule has 0 radical (unpaired) electrons. The molecular formula is C58H70F5N9O8. The summed E-state index contributed by atoms with van der Waals surface area (Å²) in [5.41, 5.74) is 0.474. The quantitative estimate of drug-likeness (QED) is 0.0449. The van der Waals surface area contributed by atoms with Gasteiger partial charge < -0.3 is 40.4 Å². The minimum Gasteiger partial charge on any atom is -0.487 e. The number of anilines is 4. The Morgan fingerprint density at radius 2 is 1.02 bits per heavy atom. The van der Waals surface area contributed by atoms with Gasteiger partial charge in [0.05, 0.1) is 53.1 Å². The lowest BCUT2D eigenvalue weighted by Gasteiger charge is -2.38. The molecule has 0 saturated heterocycles. The maximum absolute atomic E-state index is 14.5. The number of amides is 1. The number of rotatable bonds is 16. The Balaban J connectivity index is 0.000000231. The van der Waals surface area contributed by atoms with Crippen molar-refractivity contribution in [2.75, 3.05) is 17.2 Å². The molecule has 0 aliphatic heterocycles. The number of carbonyl (C=O) groups excluding carboxylic acids is 2. The number of carboxylic acids is 2. The van der Waals surface area contributed by atoms with E-state index in [2.05, 4.69) is 67.7 Å². The van der Waals surface area contributed by atoms with E-state index in [1.54, 1.807) is 62.6 Å². The number of carboxylic acid groups (broad SMARTS) is 2. The first-order valence-corrected chi connectivity index (χ1v) is 26.3. The molecule has 17 nitrogen and oxygen atoms in total. The lowest BCUT2D eigenvalue weighted by Crippen LogP contribution is -2.47. The van der Waals surface area contributed by atoms with Crippen LogP contribution in [0.25, 0.3) is 0 Å². The van der Waals surface area contributed by atoms with Gasteiger partial charge >= 0.3 is 18.1 Å². The molecule has 2 saturated carbocycles. The van der Waals surface area contributed by atoms with Gasteiger partial charge in [-0.25, -0.2) is 32.9 Å². The van der Waals surface area contributed by atoms with Crippen LogP contribution in [0.1, 0.15) is 115 Å². The standard InChI is InChI=1S/C29H36FN5O3.C27H33FN4O3.C2HF3O2/c1-20-7-5-9-23(26(20)30)38-22-11-14-29(15-12-22,27(37)31-17-18-36)19-21-8-6-10-24(33-21)34-25-13-16-32-35(25)28(2,3)4;1-18-7-5-9-21(24(18)28)35-20-11-14-27(15-12-20,25(33)34)17-19-8-6-10-22(30-19)31-23-13-16-29-32(23)26(2,3)4;3-2(4,5)1(6)7/h5-10,13,16,18,22H,11-12,14-15,17,19H2,1-4H3,(H,31,37)(H,33,34);5-10,13,16,20H,11-12,14-15,17H2,1-4H3,(H,30,31)(H,33,34);(H,6,7). The fourth-order valence-corrected chi connectivity index (χ4v) is 9.69. The summed E-state index contributed by atoms with van der Waals surface area (Å²) in [6.45, 7) is 15.8. The molecule has 430 valence electrons. The topological polar surface area (TPSA) is 225 Å². The van der Waals surface area contributed by atoms with Crippen LogP contribution in [0.3, 0.4) is 0 Å². The van der Waals surface area contributed by atoms with Gasteiger partial charge in [-0.1, -0.05) is 36.4 Å². The molecule has 80 heavy (non-hydrogen) atoms. The van der Waals surface area contributed by atoms with Gasteiger partial charge in [-0.05, 0) is 154 Å². The second-order valence-electron chi connectivity index (χ2n) is 22.2. The molecule has 2 aliphatic carbocycles. The number of aryl methyl sites for hydroxylation is 2. The zero-order chi connectivity index (χ0) is 58.6. The minimum absolute atomic E-state index is 0.0408. The van der Waals surface area contributed by atoms with E-state index in [-0.39, 0.29) is 58.9 Å². The summed E-state index contributed by atoms with van der Waals surface area (Å²) in [5.74, 6) is -1.07. The Morgan fingerprint density at radius 1 is 0.637 bits per heavy atom. The lowest BCUT2D eigenvalue weighted by molar-refractivity contribution is -0.192. The van der Waals surface area contributed by atoms with Crippen LogP contribution in [0, 0.1) is 36.3 Å². The van der Waals surface area contributed by atoms with Gasteiger partial charge in [-0.3, -0.25) is 9.59 Å². The first-order chi connectivity index (χ1) is 37.6. The molecule has 6 aromatic rings. The highest BCUT2D eigenvalue weighted by molar-refractivity contribution is 5.84. The number of pyridine rings is 2. The summed E-state index contributed by atoms with van der Waals surface area (Å²) in [7, 11) is 0. The van der Waals surface area contributed by atoms with Gasteiger partial charge in [0.25, 0.3) is 0 Å². The van der Waals surface area contributed by atoms with Crippen LogP contribution in [-0.4, -0.2) is 88.8 Å². The number of hydrogen-bond acceptors (Lipinski definition) is 12. The highest BCUT2D eigenvalue weighted by Crippen LogP contribution is 2.43. The lowest BCUT2D eigenvalue weighted by atomic mass is 9.69. The number of halogens is 5. The van der Waals surface area contributed by atoms with Gasteiger partial charge in [0.15, 0.2) is 23.1 Å². The van der Waals surface area contributed by atoms with E-state index in [9.17, 15) is 41.4 Å². The highest BCUT2D eigenvalue weighted by atomic mass is 19.4. The molecular weight excluding hydrogens is 1050 g/mol. The average molecular weight is 1120 g/mol. The predicted octanol–water partition coefficient (Wildman–Crippen LogP) is 11.6. The number of benzene rings is 2. The summed E-state index contributed by atoms with van der Waals surface area (Å²) < 4.78 is 76.3. The Labute approximate surface area is 461 Å². The van der Waals surface area contributed by atoms with E-state index >= 15 is 0 Å². The molecule has 2 aliphatic rings. The molecule has 1 amide bonds. The molecule has 2 aromatic carbocycles. The summed E-state index contributed by atoms with van der Waals surface area (Å²) >= 11 is 0. The Bertz CT molecular complexity index is 3080. The van der Waals surface area contributed by atoms with Crippen molar-refractivity contribution in [1.29, 1.82) is 0 Å². The number of aliphatic carboxylic acids is 2. The molecule has 5 N–H and O–H groups in total. The maximum atomic E-state index is 14.5. The van der Waals surface area contributed by atoms with Crippen molar-refractivity contribution in [3.8, 4) is 11.5 Å². The van der Waals surface area contributed by atoms with Crippen molar-refractivity contribution in [2.45, 2.75) is 149 Å². The third-order valence-electron chi connectivity index (χ3n) is 13.9.